The van der Waals surface area contributed by atoms with Crippen molar-refractivity contribution in [2.75, 3.05) is 26.2 Å². The van der Waals surface area contributed by atoms with E-state index in [9.17, 15) is 18.0 Å². The molecule has 2 heterocycles. The smallest absolute Gasteiger partial charge is 0.252 e. The first-order valence-corrected chi connectivity index (χ1v) is 12.1. The van der Waals surface area contributed by atoms with Gasteiger partial charge in [0, 0.05) is 30.1 Å². The summed E-state index contributed by atoms with van der Waals surface area (Å²) in [7, 11) is -3.73. The predicted octanol–water partition coefficient (Wildman–Crippen LogP) is 2.13. The van der Waals surface area contributed by atoms with E-state index < -0.39 is 27.6 Å². The minimum absolute atomic E-state index is 0.0559. The number of ether oxygens (including phenoxy) is 2. The molecule has 1 aliphatic heterocycles. The molecule has 0 saturated carbocycles. The van der Waals surface area contributed by atoms with Crippen LogP contribution in [0.3, 0.4) is 0 Å². The molecule has 0 saturated heterocycles. The first kappa shape index (κ1) is 22.8. The van der Waals surface area contributed by atoms with Crippen molar-refractivity contribution < 1.29 is 22.7 Å². The Morgan fingerprint density at radius 2 is 1.85 bits per heavy atom. The monoisotopic (exact) mass is 471 g/mol. The van der Waals surface area contributed by atoms with Gasteiger partial charge in [0.1, 0.15) is 12.7 Å². The number of carbonyl (C=O) groups is 1. The lowest BCUT2D eigenvalue weighted by Gasteiger charge is -2.26. The van der Waals surface area contributed by atoms with E-state index in [0.717, 1.165) is 0 Å². The predicted molar refractivity (Wildman–Crippen MR) is 123 cm³/mol. The van der Waals surface area contributed by atoms with Crippen molar-refractivity contribution in [3.63, 3.8) is 0 Å². The first-order valence-electron chi connectivity index (χ1n) is 10.7. The Morgan fingerprint density at radius 3 is 2.58 bits per heavy atom. The zero-order valence-corrected chi connectivity index (χ0v) is 19.1. The summed E-state index contributed by atoms with van der Waals surface area (Å²) in [5, 5.41) is 3.10. The van der Waals surface area contributed by atoms with Crippen LogP contribution in [0.5, 0.6) is 11.5 Å². The van der Waals surface area contributed by atoms with Gasteiger partial charge in [-0.3, -0.25) is 9.59 Å². The number of hydrogen-bond acceptors (Lipinski definition) is 6. The molecule has 0 radical (unpaired) electrons. The van der Waals surface area contributed by atoms with Crippen LogP contribution in [0.25, 0.3) is 10.9 Å². The molecular weight excluding hydrogens is 446 g/mol. The first-order chi connectivity index (χ1) is 15.8. The van der Waals surface area contributed by atoms with Crippen LogP contribution in [0.1, 0.15) is 24.2 Å². The quantitative estimate of drug-likeness (QED) is 0.545. The summed E-state index contributed by atoms with van der Waals surface area (Å²) in [6.07, 6.45) is -0.407. The highest BCUT2D eigenvalue weighted by atomic mass is 32.2. The van der Waals surface area contributed by atoms with Gasteiger partial charge in [-0.15, -0.1) is 0 Å². The Bertz CT molecular complexity index is 1350. The Balaban J connectivity index is 1.60. The summed E-state index contributed by atoms with van der Waals surface area (Å²) in [6, 6.07) is 12.8. The molecule has 4 rings (SSSR count). The highest BCUT2D eigenvalue weighted by Crippen LogP contribution is 2.30. The van der Waals surface area contributed by atoms with Crippen LogP contribution in [-0.2, 0) is 10.0 Å². The third kappa shape index (κ3) is 4.57. The molecule has 2 N–H and O–H groups in total. The maximum Gasteiger partial charge on any atom is 0.252 e. The lowest BCUT2D eigenvalue weighted by molar-refractivity contribution is 0.0790. The Hall–Kier alpha value is -3.37. The number of benzene rings is 2. The van der Waals surface area contributed by atoms with Gasteiger partial charge < -0.3 is 19.8 Å². The third-order valence-corrected chi connectivity index (χ3v) is 7.51. The van der Waals surface area contributed by atoms with Gasteiger partial charge in [-0.1, -0.05) is 26.0 Å². The summed E-state index contributed by atoms with van der Waals surface area (Å²) in [5.74, 6) is 0.726. The number of amides is 1. The number of carbonyl (C=O) groups excluding carboxylic acids is 1. The summed E-state index contributed by atoms with van der Waals surface area (Å²) in [6.45, 7) is 4.57. The second-order valence-corrected chi connectivity index (χ2v) is 9.49. The van der Waals surface area contributed by atoms with E-state index in [0.29, 0.717) is 35.5 Å². The van der Waals surface area contributed by atoms with E-state index >= 15 is 0 Å². The summed E-state index contributed by atoms with van der Waals surface area (Å²) >= 11 is 0. The van der Waals surface area contributed by atoms with Crippen LogP contribution in [0.2, 0.25) is 0 Å². The van der Waals surface area contributed by atoms with Gasteiger partial charge >= 0.3 is 0 Å². The van der Waals surface area contributed by atoms with Crippen LogP contribution in [-0.4, -0.2) is 56.0 Å². The van der Waals surface area contributed by atoms with Crippen LogP contribution in [0.4, 0.5) is 0 Å². The fourth-order valence-electron chi connectivity index (χ4n) is 3.76. The molecule has 1 aliphatic rings. The zero-order chi connectivity index (χ0) is 23.6. The molecule has 1 amide bonds. The number of nitrogens with one attached hydrogen (secondary N) is 2. The Labute approximate surface area is 191 Å². The molecular formula is C23H25N3O6S. The molecule has 1 atom stereocenters. The number of H-pyrrole nitrogens is 1. The molecule has 3 aromatic rings. The molecule has 0 bridgehead atoms. The van der Waals surface area contributed by atoms with E-state index in [-0.39, 0.29) is 23.6 Å². The molecule has 33 heavy (non-hydrogen) atoms. The largest absolute Gasteiger partial charge is 0.486 e. The lowest BCUT2D eigenvalue weighted by Crippen LogP contribution is -2.41. The molecule has 10 heteroatoms. The number of nitrogens with zero attached hydrogens (tertiary/aromatic N) is 1. The average Bonchev–Trinajstić information content (AvgIpc) is 2.82. The maximum absolute atomic E-state index is 13.0. The van der Waals surface area contributed by atoms with Crippen molar-refractivity contribution in [3.05, 3.63) is 64.4 Å². The van der Waals surface area contributed by atoms with Crippen LogP contribution < -0.4 is 20.3 Å². The maximum atomic E-state index is 13.0. The van der Waals surface area contributed by atoms with E-state index in [4.69, 9.17) is 9.47 Å². The number of fused-ring (bicyclic) bond motifs is 2. The number of hydrogen-bond donors (Lipinski definition) is 2. The van der Waals surface area contributed by atoms with E-state index in [1.807, 2.05) is 12.1 Å². The second-order valence-electron chi connectivity index (χ2n) is 7.55. The highest BCUT2D eigenvalue weighted by Gasteiger charge is 2.24. The number of aromatic nitrogens is 1. The van der Waals surface area contributed by atoms with Gasteiger partial charge in [-0.2, -0.15) is 4.31 Å². The Kier molecular flexibility index (Phi) is 6.39. The van der Waals surface area contributed by atoms with Crippen molar-refractivity contribution in [2.24, 2.45) is 0 Å². The minimum Gasteiger partial charge on any atom is -0.486 e. The molecule has 0 spiro atoms. The highest BCUT2D eigenvalue weighted by molar-refractivity contribution is 7.89. The zero-order valence-electron chi connectivity index (χ0n) is 18.3. The van der Waals surface area contributed by atoms with Gasteiger partial charge in [0.15, 0.2) is 11.5 Å². The number of pyridine rings is 1. The molecule has 9 nitrogen and oxygen atoms in total. The van der Waals surface area contributed by atoms with Gasteiger partial charge in [0.05, 0.1) is 17.0 Å². The van der Waals surface area contributed by atoms with Crippen LogP contribution >= 0.6 is 0 Å². The fourth-order valence-corrected chi connectivity index (χ4v) is 5.24. The number of aromatic amines is 1. The molecule has 0 unspecified atom stereocenters. The molecule has 0 aliphatic carbocycles. The SMILES string of the molecule is CCN(CC)S(=O)(=O)c1ccc2[nH]c(=O)cc(C(=O)NC[C@H]3COc4ccccc4O3)c2c1. The van der Waals surface area contributed by atoms with E-state index in [1.54, 1.807) is 26.0 Å². The van der Waals surface area contributed by atoms with Crippen molar-refractivity contribution in [2.45, 2.75) is 24.8 Å². The van der Waals surface area contributed by atoms with Crippen molar-refractivity contribution in [1.82, 2.24) is 14.6 Å². The van der Waals surface area contributed by atoms with Gasteiger partial charge in [-0.25, -0.2) is 8.42 Å². The molecule has 174 valence electrons. The third-order valence-electron chi connectivity index (χ3n) is 5.46. The molecule has 0 fully saturated rings. The standard InChI is InChI=1S/C23H25N3O6S/c1-3-26(4-2)33(29,30)16-9-10-19-17(11-16)18(12-22(27)25-19)23(28)24-13-15-14-31-20-7-5-6-8-21(20)32-15/h5-12,15H,3-4,13-14H2,1-2H3,(H,24,28)(H,25,27)/t15-/m0/s1. The van der Waals surface area contributed by atoms with E-state index in [2.05, 4.69) is 10.3 Å². The molecule has 2 aromatic carbocycles. The lowest BCUT2D eigenvalue weighted by atomic mass is 10.1. The van der Waals surface area contributed by atoms with Crippen molar-refractivity contribution in [3.8, 4) is 11.5 Å². The summed E-state index contributed by atoms with van der Waals surface area (Å²) in [5.41, 5.74) is -0.00187. The Morgan fingerprint density at radius 1 is 1.12 bits per heavy atom. The summed E-state index contributed by atoms with van der Waals surface area (Å²) in [4.78, 5) is 27.8. The van der Waals surface area contributed by atoms with Crippen molar-refractivity contribution in [1.29, 1.82) is 0 Å². The van der Waals surface area contributed by atoms with E-state index in [1.165, 1.54) is 28.6 Å². The fraction of sp³-hybridized carbons (Fsp3) is 0.304. The minimum atomic E-state index is -3.73. The van der Waals surface area contributed by atoms with Crippen LogP contribution in [0, 0.1) is 0 Å². The number of rotatable bonds is 7. The van der Waals surface area contributed by atoms with Gasteiger partial charge in [-0.05, 0) is 30.3 Å². The van der Waals surface area contributed by atoms with Crippen molar-refractivity contribution >= 4 is 26.8 Å². The summed E-state index contributed by atoms with van der Waals surface area (Å²) < 4.78 is 38.7. The van der Waals surface area contributed by atoms with Gasteiger partial charge in [0.2, 0.25) is 15.6 Å². The second kappa shape index (κ2) is 9.24. The van der Waals surface area contributed by atoms with Gasteiger partial charge in [0.25, 0.3) is 5.91 Å². The molecule has 1 aromatic heterocycles. The average molecular weight is 472 g/mol. The van der Waals surface area contributed by atoms with Crippen LogP contribution in [0.15, 0.2) is 58.2 Å². The number of para-hydroxylation sites is 2. The normalized spacial score (nSPS) is 15.5. The number of sulfonamides is 1. The topological polar surface area (TPSA) is 118 Å².